The summed E-state index contributed by atoms with van der Waals surface area (Å²) >= 11 is 3.25. The predicted molar refractivity (Wildman–Crippen MR) is 227 cm³/mol. The van der Waals surface area contributed by atoms with Crippen LogP contribution in [0.15, 0.2) is 155 Å². The van der Waals surface area contributed by atoms with Gasteiger partial charge in [-0.05, 0) is 45.5 Å². The number of phenolic OH excluding ortho intramolecular Hbond substituents is 2. The van der Waals surface area contributed by atoms with Gasteiger partial charge in [0.15, 0.2) is 0 Å². The second-order valence-electron chi connectivity index (χ2n) is 16.1. The normalized spacial score (nSPS) is 12.5. The van der Waals surface area contributed by atoms with E-state index in [2.05, 4.69) is 189 Å². The number of rotatable bonds is 12. The first-order chi connectivity index (χ1) is 25.1. The van der Waals surface area contributed by atoms with E-state index in [-0.39, 0.29) is 10.8 Å². The molecule has 0 radical (unpaired) electrons. The summed E-state index contributed by atoms with van der Waals surface area (Å²) in [7, 11) is 0. The highest BCUT2D eigenvalue weighted by Crippen LogP contribution is 2.49. The van der Waals surface area contributed by atoms with E-state index in [1.54, 1.807) is 23.5 Å². The van der Waals surface area contributed by atoms with Crippen LogP contribution in [0.3, 0.4) is 0 Å². The molecule has 4 heteroatoms. The Kier molecular flexibility index (Phi) is 11.0. The van der Waals surface area contributed by atoms with Gasteiger partial charge in [0.2, 0.25) is 0 Å². The zero-order valence-corrected chi connectivity index (χ0v) is 33.9. The molecule has 0 saturated carbocycles. The summed E-state index contributed by atoms with van der Waals surface area (Å²) in [6, 6.07) is 50.8. The van der Waals surface area contributed by atoms with Gasteiger partial charge in [-0.3, -0.25) is 0 Å². The van der Waals surface area contributed by atoms with Crippen molar-refractivity contribution in [2.75, 3.05) is 5.08 Å². The van der Waals surface area contributed by atoms with Gasteiger partial charge in [0.25, 0.3) is 0 Å². The van der Waals surface area contributed by atoms with Crippen LogP contribution >= 0.6 is 23.5 Å². The SMILES string of the molecule is CC(C)(c1ccccc1)c1cc(SCSc2cc(C(C)(C)c3ccccc3)cc(C(C)(C)c3ccccc3)c2O)c(O)c(C(C)(C)c2ccccc2)c1. The maximum Gasteiger partial charge on any atom is 0.133 e. The monoisotopic (exact) mass is 736 g/mol. The minimum absolute atomic E-state index is 0.299. The molecule has 6 aromatic carbocycles. The Morgan fingerprint density at radius 3 is 0.906 bits per heavy atom. The zero-order chi connectivity index (χ0) is 38.0. The number of thioether (sulfide) groups is 2. The van der Waals surface area contributed by atoms with Gasteiger partial charge in [-0.1, -0.05) is 189 Å². The van der Waals surface area contributed by atoms with Crippen LogP contribution in [0, 0.1) is 0 Å². The van der Waals surface area contributed by atoms with Crippen LogP contribution in [0.1, 0.15) is 99.9 Å². The van der Waals surface area contributed by atoms with E-state index in [1.807, 2.05) is 12.1 Å². The standard InChI is InChI=1S/C49H52O2S2/c1-46(2,34-21-13-9-14-22-34)38-29-40(48(5,6)36-25-17-11-18-26-36)44(50)42(31-38)52-33-53-43-32-39(47(3,4)35-23-15-10-16-24-35)30-41(45(43)51)49(7,8)37-27-19-12-20-28-37/h9-32,50-51H,33H2,1-8H3. The molecule has 272 valence electrons. The fraction of sp³-hybridized carbons (Fsp3) is 0.265. The Hall–Kier alpha value is -4.38. The van der Waals surface area contributed by atoms with Crippen molar-refractivity contribution in [3.63, 3.8) is 0 Å². The Morgan fingerprint density at radius 1 is 0.358 bits per heavy atom. The summed E-state index contributed by atoms with van der Waals surface area (Å²) < 4.78 is 0. The summed E-state index contributed by atoms with van der Waals surface area (Å²) in [5.41, 5.74) is 7.35. The van der Waals surface area contributed by atoms with Crippen LogP contribution in [0.4, 0.5) is 0 Å². The van der Waals surface area contributed by atoms with Crippen LogP contribution in [0.2, 0.25) is 0 Å². The minimum Gasteiger partial charge on any atom is -0.506 e. The van der Waals surface area contributed by atoms with Gasteiger partial charge < -0.3 is 10.2 Å². The van der Waals surface area contributed by atoms with E-state index in [0.29, 0.717) is 16.6 Å². The Balaban J connectivity index is 1.42. The van der Waals surface area contributed by atoms with Crippen molar-refractivity contribution in [3.8, 4) is 11.5 Å². The third-order valence-electron chi connectivity index (χ3n) is 11.4. The Bertz CT molecular complexity index is 2000. The maximum absolute atomic E-state index is 12.1. The first kappa shape index (κ1) is 38.3. The van der Waals surface area contributed by atoms with Crippen molar-refractivity contribution < 1.29 is 10.2 Å². The van der Waals surface area contributed by atoms with Gasteiger partial charge >= 0.3 is 0 Å². The molecule has 0 spiro atoms. The Morgan fingerprint density at radius 2 is 0.623 bits per heavy atom. The van der Waals surface area contributed by atoms with E-state index in [9.17, 15) is 10.2 Å². The van der Waals surface area contributed by atoms with Crippen molar-refractivity contribution in [2.45, 2.75) is 86.8 Å². The first-order valence-electron chi connectivity index (χ1n) is 18.4. The molecule has 53 heavy (non-hydrogen) atoms. The first-order valence-corrected chi connectivity index (χ1v) is 20.4. The highest BCUT2D eigenvalue weighted by atomic mass is 32.2. The molecular formula is C49H52O2S2. The number of hydrogen-bond donors (Lipinski definition) is 2. The average Bonchev–Trinajstić information content (AvgIpc) is 3.17. The third kappa shape index (κ3) is 7.68. The molecule has 0 aliphatic rings. The van der Waals surface area contributed by atoms with E-state index in [4.69, 9.17) is 0 Å². The Labute approximate surface area is 325 Å². The highest BCUT2D eigenvalue weighted by molar-refractivity contribution is 8.16. The molecule has 2 nitrogen and oxygen atoms in total. The van der Waals surface area contributed by atoms with E-state index >= 15 is 0 Å². The van der Waals surface area contributed by atoms with E-state index in [1.165, 1.54) is 11.1 Å². The van der Waals surface area contributed by atoms with Gasteiger partial charge in [0.05, 0.1) is 9.79 Å². The smallest absolute Gasteiger partial charge is 0.133 e. The van der Waals surface area contributed by atoms with Crippen molar-refractivity contribution >= 4 is 23.5 Å². The predicted octanol–water partition coefficient (Wildman–Crippen LogP) is 13.2. The maximum atomic E-state index is 12.1. The second kappa shape index (κ2) is 15.2. The average molecular weight is 737 g/mol. The van der Waals surface area contributed by atoms with Crippen molar-refractivity contribution in [3.05, 3.63) is 190 Å². The molecule has 0 heterocycles. The van der Waals surface area contributed by atoms with Crippen LogP contribution in [0.25, 0.3) is 0 Å². The highest BCUT2D eigenvalue weighted by Gasteiger charge is 2.34. The fourth-order valence-electron chi connectivity index (χ4n) is 7.33. The van der Waals surface area contributed by atoms with Gasteiger partial charge in [-0.25, -0.2) is 0 Å². The number of aromatic hydroxyl groups is 2. The molecule has 0 aromatic heterocycles. The molecule has 2 N–H and O–H groups in total. The van der Waals surface area contributed by atoms with Gasteiger partial charge in [0, 0.05) is 37.9 Å². The van der Waals surface area contributed by atoms with E-state index in [0.717, 1.165) is 43.2 Å². The van der Waals surface area contributed by atoms with Gasteiger partial charge in [-0.15, -0.1) is 23.5 Å². The molecule has 0 amide bonds. The van der Waals surface area contributed by atoms with Crippen LogP contribution < -0.4 is 0 Å². The molecule has 0 unspecified atom stereocenters. The topological polar surface area (TPSA) is 40.5 Å². The molecule has 6 rings (SSSR count). The lowest BCUT2D eigenvalue weighted by molar-refractivity contribution is 0.438. The fourth-order valence-corrected chi connectivity index (χ4v) is 9.50. The largest absolute Gasteiger partial charge is 0.506 e. The molecule has 0 saturated heterocycles. The van der Waals surface area contributed by atoms with Crippen LogP contribution in [0.5, 0.6) is 11.5 Å². The van der Waals surface area contributed by atoms with Crippen LogP contribution in [-0.2, 0) is 21.7 Å². The molecule has 0 atom stereocenters. The third-order valence-corrected chi connectivity index (χ3v) is 13.5. The molecule has 0 aliphatic carbocycles. The number of hydrogen-bond acceptors (Lipinski definition) is 4. The minimum atomic E-state index is -0.440. The van der Waals surface area contributed by atoms with Crippen molar-refractivity contribution in [2.24, 2.45) is 0 Å². The van der Waals surface area contributed by atoms with Crippen molar-refractivity contribution in [1.82, 2.24) is 0 Å². The summed E-state index contributed by atoms with van der Waals surface area (Å²) in [4.78, 5) is 1.67. The van der Waals surface area contributed by atoms with Crippen LogP contribution in [-0.4, -0.2) is 15.3 Å². The summed E-state index contributed by atoms with van der Waals surface area (Å²) in [5, 5.41) is 24.7. The molecular weight excluding hydrogens is 685 g/mol. The summed E-state index contributed by atoms with van der Waals surface area (Å²) in [6.07, 6.45) is 0. The van der Waals surface area contributed by atoms with Gasteiger partial charge in [-0.2, -0.15) is 0 Å². The second-order valence-corrected chi connectivity index (χ2v) is 18.5. The lowest BCUT2D eigenvalue weighted by Gasteiger charge is -2.33. The van der Waals surface area contributed by atoms with E-state index < -0.39 is 10.8 Å². The quantitative estimate of drug-likeness (QED) is 0.0969. The molecule has 0 aliphatic heterocycles. The summed E-state index contributed by atoms with van der Waals surface area (Å²) in [6.45, 7) is 17.8. The van der Waals surface area contributed by atoms with Crippen molar-refractivity contribution in [1.29, 1.82) is 0 Å². The number of benzene rings is 6. The zero-order valence-electron chi connectivity index (χ0n) is 32.3. The molecule has 6 aromatic rings. The molecule has 0 bridgehead atoms. The summed E-state index contributed by atoms with van der Waals surface area (Å²) in [5.74, 6) is 0.622. The lowest BCUT2D eigenvalue weighted by atomic mass is 9.73. The van der Waals surface area contributed by atoms with Gasteiger partial charge in [0.1, 0.15) is 11.5 Å². The number of phenols is 2. The lowest BCUT2D eigenvalue weighted by Crippen LogP contribution is -2.23. The molecule has 0 fully saturated rings.